The lowest BCUT2D eigenvalue weighted by Gasteiger charge is -2.35. The van der Waals surface area contributed by atoms with Crippen molar-refractivity contribution >= 4 is 23.8 Å². The fraction of sp³-hybridized carbons (Fsp3) is 0.630. The summed E-state index contributed by atoms with van der Waals surface area (Å²) in [6.07, 6.45) is -0.149. The predicted molar refractivity (Wildman–Crippen MR) is 138 cm³/mol. The number of aryl methyl sites for hydroxylation is 2. The van der Waals surface area contributed by atoms with Gasteiger partial charge in [-0.1, -0.05) is 25.1 Å². The highest BCUT2D eigenvalue weighted by molar-refractivity contribution is 5.93. The first-order chi connectivity index (χ1) is 16.6. The van der Waals surface area contributed by atoms with E-state index in [4.69, 9.17) is 10.5 Å². The Morgan fingerprint density at radius 1 is 1.11 bits per heavy atom. The van der Waals surface area contributed by atoms with Crippen molar-refractivity contribution in [2.45, 2.75) is 104 Å². The molecule has 4 amide bonds. The number of alkyl carbamates (subject to hydrolysis) is 1. The summed E-state index contributed by atoms with van der Waals surface area (Å²) in [5, 5.41) is 5.57. The second kappa shape index (κ2) is 11.8. The molecule has 0 aliphatic heterocycles. The van der Waals surface area contributed by atoms with Crippen molar-refractivity contribution < 1.29 is 23.9 Å². The Morgan fingerprint density at radius 3 is 2.19 bits per heavy atom. The molecule has 0 spiro atoms. The SMILES string of the molecule is Cc1ccc(C(C(=O)NC(C)C)N(C(=O)C(CCC(N)=O)NC(=O)OC(C)(C)C)C2CC2C)cc1C. The fourth-order valence-corrected chi connectivity index (χ4v) is 4.08. The van der Waals surface area contributed by atoms with Gasteiger partial charge in [-0.05, 0) is 83.9 Å². The molecule has 0 heterocycles. The number of nitrogens with two attached hydrogens (primary N) is 1. The number of nitrogens with one attached hydrogen (secondary N) is 2. The van der Waals surface area contributed by atoms with Crippen molar-refractivity contribution in [1.29, 1.82) is 0 Å². The molecular formula is C27H42N4O5. The first-order valence-electron chi connectivity index (χ1n) is 12.6. The summed E-state index contributed by atoms with van der Waals surface area (Å²) in [6.45, 7) is 14.8. The Balaban J connectivity index is 2.52. The van der Waals surface area contributed by atoms with Crippen molar-refractivity contribution in [2.24, 2.45) is 11.7 Å². The van der Waals surface area contributed by atoms with E-state index >= 15 is 0 Å². The van der Waals surface area contributed by atoms with Gasteiger partial charge in [-0.3, -0.25) is 14.4 Å². The molecule has 4 N–H and O–H groups in total. The predicted octanol–water partition coefficient (Wildman–Crippen LogP) is 3.26. The Hall–Kier alpha value is -3.10. The van der Waals surface area contributed by atoms with Crippen molar-refractivity contribution in [3.05, 3.63) is 34.9 Å². The highest BCUT2D eigenvalue weighted by Gasteiger charge is 2.48. The van der Waals surface area contributed by atoms with Crippen LogP contribution in [0.1, 0.15) is 83.5 Å². The minimum Gasteiger partial charge on any atom is -0.444 e. The van der Waals surface area contributed by atoms with Crippen LogP contribution in [0.25, 0.3) is 0 Å². The molecule has 1 aromatic carbocycles. The second-order valence-electron chi connectivity index (χ2n) is 11.1. The molecule has 1 aliphatic carbocycles. The van der Waals surface area contributed by atoms with Gasteiger partial charge in [0.25, 0.3) is 0 Å². The van der Waals surface area contributed by atoms with E-state index in [2.05, 4.69) is 10.6 Å². The van der Waals surface area contributed by atoms with E-state index in [1.807, 2.05) is 52.8 Å². The molecule has 0 bridgehead atoms. The summed E-state index contributed by atoms with van der Waals surface area (Å²) in [6, 6.07) is 3.42. The molecule has 4 atom stereocenters. The van der Waals surface area contributed by atoms with Crippen LogP contribution in [0.2, 0.25) is 0 Å². The van der Waals surface area contributed by atoms with Crippen LogP contribution in [0.15, 0.2) is 18.2 Å². The van der Waals surface area contributed by atoms with Crippen molar-refractivity contribution in [3.63, 3.8) is 0 Å². The van der Waals surface area contributed by atoms with E-state index in [-0.39, 0.29) is 36.8 Å². The van der Waals surface area contributed by atoms with E-state index in [1.54, 1.807) is 25.7 Å². The van der Waals surface area contributed by atoms with E-state index in [1.165, 1.54) is 0 Å². The molecule has 200 valence electrons. The Morgan fingerprint density at radius 2 is 1.72 bits per heavy atom. The Kier molecular flexibility index (Phi) is 9.51. The summed E-state index contributed by atoms with van der Waals surface area (Å²) < 4.78 is 5.36. The van der Waals surface area contributed by atoms with E-state index < -0.39 is 35.6 Å². The molecule has 0 saturated heterocycles. The number of carbonyl (C=O) groups excluding carboxylic acids is 4. The van der Waals surface area contributed by atoms with Gasteiger partial charge < -0.3 is 26.0 Å². The molecule has 36 heavy (non-hydrogen) atoms. The van der Waals surface area contributed by atoms with Crippen LogP contribution in [0.5, 0.6) is 0 Å². The zero-order valence-electron chi connectivity index (χ0n) is 22.8. The normalized spacial score (nSPS) is 18.7. The minimum absolute atomic E-state index is 0.00352. The first-order valence-corrected chi connectivity index (χ1v) is 12.6. The summed E-state index contributed by atoms with van der Waals surface area (Å²) in [5.74, 6) is -1.15. The average molecular weight is 503 g/mol. The minimum atomic E-state index is -1.08. The van der Waals surface area contributed by atoms with Crippen LogP contribution in [-0.4, -0.2) is 52.4 Å². The zero-order valence-corrected chi connectivity index (χ0v) is 22.8. The number of nitrogens with zero attached hydrogens (tertiary/aromatic N) is 1. The molecule has 0 radical (unpaired) electrons. The number of primary amides is 1. The number of benzene rings is 1. The molecule has 1 aliphatic rings. The lowest BCUT2D eigenvalue weighted by atomic mass is 9.97. The number of amides is 4. The molecular weight excluding hydrogens is 460 g/mol. The van der Waals surface area contributed by atoms with Gasteiger partial charge in [0.2, 0.25) is 17.7 Å². The summed E-state index contributed by atoms with van der Waals surface area (Å²) in [4.78, 5) is 53.3. The molecule has 0 aromatic heterocycles. The number of rotatable bonds is 10. The van der Waals surface area contributed by atoms with Crippen LogP contribution in [0, 0.1) is 19.8 Å². The van der Waals surface area contributed by atoms with Gasteiger partial charge in [0.15, 0.2) is 0 Å². The lowest BCUT2D eigenvalue weighted by molar-refractivity contribution is -0.144. The van der Waals surface area contributed by atoms with Crippen LogP contribution >= 0.6 is 0 Å². The lowest BCUT2D eigenvalue weighted by Crippen LogP contribution is -2.54. The second-order valence-corrected chi connectivity index (χ2v) is 11.1. The topological polar surface area (TPSA) is 131 Å². The molecule has 9 heteroatoms. The maximum Gasteiger partial charge on any atom is 0.408 e. The Labute approximate surface area is 214 Å². The zero-order chi connectivity index (χ0) is 27.4. The van der Waals surface area contributed by atoms with Crippen LogP contribution in [-0.2, 0) is 19.1 Å². The molecule has 1 fully saturated rings. The molecule has 9 nitrogen and oxygen atoms in total. The third-order valence-electron chi connectivity index (χ3n) is 6.15. The van der Waals surface area contributed by atoms with Crippen LogP contribution in [0.4, 0.5) is 4.79 Å². The third kappa shape index (κ3) is 8.24. The summed E-state index contributed by atoms with van der Waals surface area (Å²) >= 11 is 0. The molecule has 4 unspecified atom stereocenters. The van der Waals surface area contributed by atoms with E-state index in [0.717, 1.165) is 17.5 Å². The average Bonchev–Trinajstić information content (AvgIpc) is 3.44. The standard InChI is InChI=1S/C27H42N4O5/c1-15(2)29-24(33)23(19-10-9-16(3)17(4)13-19)31(21-14-18(21)5)25(34)20(11-12-22(28)32)30-26(35)36-27(6,7)8/h9-10,13,15,18,20-21,23H,11-12,14H2,1-8H3,(H2,28,32)(H,29,33)(H,30,35). The molecule has 1 aromatic rings. The molecule has 1 saturated carbocycles. The van der Waals surface area contributed by atoms with Crippen LogP contribution < -0.4 is 16.4 Å². The molecule has 2 rings (SSSR count). The number of hydrogen-bond donors (Lipinski definition) is 3. The quantitative estimate of drug-likeness (QED) is 0.452. The highest BCUT2D eigenvalue weighted by atomic mass is 16.6. The smallest absolute Gasteiger partial charge is 0.408 e. The van der Waals surface area contributed by atoms with Gasteiger partial charge in [0.05, 0.1) is 0 Å². The van der Waals surface area contributed by atoms with E-state index in [9.17, 15) is 19.2 Å². The number of ether oxygens (including phenoxy) is 1. The van der Waals surface area contributed by atoms with Gasteiger partial charge >= 0.3 is 6.09 Å². The van der Waals surface area contributed by atoms with Gasteiger partial charge in [-0.15, -0.1) is 0 Å². The number of carbonyl (C=O) groups is 4. The third-order valence-corrected chi connectivity index (χ3v) is 6.15. The maximum absolute atomic E-state index is 14.1. The van der Waals surface area contributed by atoms with Crippen molar-refractivity contribution in [3.8, 4) is 0 Å². The number of hydrogen-bond acceptors (Lipinski definition) is 5. The summed E-state index contributed by atoms with van der Waals surface area (Å²) in [5.41, 5.74) is 7.35. The van der Waals surface area contributed by atoms with Crippen LogP contribution in [0.3, 0.4) is 0 Å². The van der Waals surface area contributed by atoms with Gasteiger partial charge in [0.1, 0.15) is 17.7 Å². The van der Waals surface area contributed by atoms with E-state index in [0.29, 0.717) is 5.56 Å². The van der Waals surface area contributed by atoms with Gasteiger partial charge in [-0.25, -0.2) is 4.79 Å². The fourth-order valence-electron chi connectivity index (χ4n) is 4.08. The first kappa shape index (κ1) is 29.1. The van der Waals surface area contributed by atoms with Crippen molar-refractivity contribution in [1.82, 2.24) is 15.5 Å². The Bertz CT molecular complexity index is 985. The maximum atomic E-state index is 14.1. The van der Waals surface area contributed by atoms with Crippen molar-refractivity contribution in [2.75, 3.05) is 0 Å². The van der Waals surface area contributed by atoms with Gasteiger partial charge in [0, 0.05) is 18.5 Å². The monoisotopic (exact) mass is 502 g/mol. The summed E-state index contributed by atoms with van der Waals surface area (Å²) in [7, 11) is 0. The highest BCUT2D eigenvalue weighted by Crippen LogP contribution is 2.41. The largest absolute Gasteiger partial charge is 0.444 e. The van der Waals surface area contributed by atoms with Gasteiger partial charge in [-0.2, -0.15) is 0 Å².